The summed E-state index contributed by atoms with van der Waals surface area (Å²) in [5, 5.41) is 4.23. The predicted octanol–water partition coefficient (Wildman–Crippen LogP) is 5.39. The first kappa shape index (κ1) is 19.2. The van der Waals surface area contributed by atoms with Crippen molar-refractivity contribution in [3.05, 3.63) is 64.2 Å². The predicted molar refractivity (Wildman–Crippen MR) is 95.5 cm³/mol. The molecule has 6 heteroatoms. The summed E-state index contributed by atoms with van der Waals surface area (Å²) in [6.45, 7) is 2.93. The first-order chi connectivity index (χ1) is 12.1. The second-order valence-corrected chi connectivity index (χ2v) is 5.82. The molecule has 0 heterocycles. The Morgan fingerprint density at radius 3 is 2.52 bits per heavy atom. The zero-order valence-electron chi connectivity index (χ0n) is 14.0. The van der Waals surface area contributed by atoms with Crippen LogP contribution in [0.4, 0.5) is 8.78 Å². The molecule has 0 N–H and O–H groups in total. The van der Waals surface area contributed by atoms with Crippen molar-refractivity contribution in [3.63, 3.8) is 0 Å². The van der Waals surface area contributed by atoms with Gasteiger partial charge in [0.15, 0.2) is 0 Å². The summed E-state index contributed by atoms with van der Waals surface area (Å²) in [7, 11) is 0. The maximum atomic E-state index is 13.2. The Balaban J connectivity index is 1.87. The molecule has 0 aliphatic rings. The lowest BCUT2D eigenvalue weighted by Crippen LogP contribution is -1.99. The zero-order chi connectivity index (χ0) is 18.1. The van der Waals surface area contributed by atoms with Gasteiger partial charge in [-0.25, -0.2) is 8.78 Å². The number of ether oxygens (including phenoxy) is 1. The average molecular weight is 368 g/mol. The van der Waals surface area contributed by atoms with Gasteiger partial charge in [-0.15, -0.1) is 0 Å². The molecule has 25 heavy (non-hydrogen) atoms. The third kappa shape index (κ3) is 6.70. The van der Waals surface area contributed by atoms with Gasteiger partial charge in [0.2, 0.25) is 0 Å². The molecule has 3 nitrogen and oxygen atoms in total. The Hall–Kier alpha value is -2.14. The number of rotatable bonds is 9. The molecule has 2 aromatic rings. The second-order valence-electron chi connectivity index (χ2n) is 5.42. The fraction of sp³-hybridized carbons (Fsp3) is 0.316. The van der Waals surface area contributed by atoms with E-state index in [0.717, 1.165) is 24.5 Å². The van der Waals surface area contributed by atoms with Gasteiger partial charge in [0.25, 0.3) is 0 Å². The van der Waals surface area contributed by atoms with Gasteiger partial charge in [-0.3, -0.25) is 0 Å². The molecule has 0 aliphatic heterocycles. The molecule has 0 aromatic heterocycles. The average Bonchev–Trinajstić information content (AvgIpc) is 2.55. The van der Waals surface area contributed by atoms with Crippen LogP contribution in [0.2, 0.25) is 5.02 Å². The monoisotopic (exact) mass is 367 g/mol. The molecular formula is C19H20ClF2NO2. The molecule has 0 radical (unpaired) electrons. The minimum absolute atomic E-state index is 0.391. The molecule has 0 atom stereocenters. The number of oxime groups is 1. The van der Waals surface area contributed by atoms with E-state index in [1.807, 2.05) is 13.0 Å². The molecule has 134 valence electrons. The van der Waals surface area contributed by atoms with Crippen molar-refractivity contribution in [2.45, 2.75) is 26.2 Å². The van der Waals surface area contributed by atoms with Crippen molar-refractivity contribution < 1.29 is 18.4 Å². The van der Waals surface area contributed by atoms with Gasteiger partial charge in [-0.2, -0.15) is 0 Å². The Labute approximate surface area is 151 Å². The Bertz CT molecular complexity index is 702. The van der Waals surface area contributed by atoms with Gasteiger partial charge in [-0.1, -0.05) is 22.8 Å². The summed E-state index contributed by atoms with van der Waals surface area (Å²) in [5.41, 5.74) is 1.40. The molecule has 0 saturated carbocycles. The summed E-state index contributed by atoms with van der Waals surface area (Å²) in [4.78, 5) is 4.85. The van der Waals surface area contributed by atoms with Crippen LogP contribution < -0.4 is 4.74 Å². The highest BCUT2D eigenvalue weighted by atomic mass is 35.5. The van der Waals surface area contributed by atoms with Crippen LogP contribution in [0.15, 0.2) is 41.6 Å². The van der Waals surface area contributed by atoms with Crippen LogP contribution >= 0.6 is 11.6 Å². The lowest BCUT2D eigenvalue weighted by Gasteiger charge is -2.09. The number of benzene rings is 2. The number of hydrogen-bond acceptors (Lipinski definition) is 3. The molecule has 0 aliphatic carbocycles. The van der Waals surface area contributed by atoms with E-state index < -0.39 is 11.6 Å². The van der Waals surface area contributed by atoms with Crippen LogP contribution in [0, 0.1) is 11.6 Å². The number of nitrogens with zero attached hydrogens (tertiary/aromatic N) is 1. The van der Waals surface area contributed by atoms with Crippen LogP contribution in [0.5, 0.6) is 5.75 Å². The van der Waals surface area contributed by atoms with Crippen molar-refractivity contribution in [3.8, 4) is 5.75 Å². The first-order valence-electron chi connectivity index (χ1n) is 8.08. The molecule has 0 fully saturated rings. The Morgan fingerprint density at radius 1 is 1.08 bits per heavy atom. The smallest absolute Gasteiger partial charge is 0.137 e. The molecule has 0 amide bonds. The Morgan fingerprint density at radius 2 is 1.84 bits per heavy atom. The van der Waals surface area contributed by atoms with Gasteiger partial charge in [-0.05, 0) is 61.6 Å². The SMILES string of the molecule is CCON=CCCCOc1ccc(Cc2cc(F)cc(F)c2)cc1Cl. The molecule has 0 bridgehead atoms. The standard InChI is InChI=1S/C19H20ClF2NO2/c1-2-25-23-7-3-4-8-24-19-6-5-14(12-18(19)20)9-15-10-16(21)13-17(22)11-15/h5-7,10-13H,2-4,8-9H2,1H3. The zero-order valence-corrected chi connectivity index (χ0v) is 14.7. The van der Waals surface area contributed by atoms with Crippen molar-refractivity contribution in [2.24, 2.45) is 5.16 Å². The Kier molecular flexibility index (Phi) is 7.67. The van der Waals surface area contributed by atoms with Gasteiger partial charge in [0.05, 0.1) is 11.6 Å². The third-order valence-corrected chi connectivity index (χ3v) is 3.64. The van der Waals surface area contributed by atoms with Crippen LogP contribution in [-0.2, 0) is 11.3 Å². The van der Waals surface area contributed by atoms with Gasteiger partial charge in [0.1, 0.15) is 24.0 Å². The normalized spacial score (nSPS) is 11.0. The lowest BCUT2D eigenvalue weighted by molar-refractivity contribution is 0.159. The molecule has 0 unspecified atom stereocenters. The summed E-state index contributed by atoms with van der Waals surface area (Å²) < 4.78 is 32.1. The lowest BCUT2D eigenvalue weighted by atomic mass is 10.0. The summed E-state index contributed by atoms with van der Waals surface area (Å²) in [6.07, 6.45) is 3.64. The minimum Gasteiger partial charge on any atom is -0.492 e. The van der Waals surface area contributed by atoms with Crippen molar-refractivity contribution in [2.75, 3.05) is 13.2 Å². The molecular weight excluding hydrogens is 348 g/mol. The molecule has 0 spiro atoms. The van der Waals surface area contributed by atoms with Gasteiger partial charge >= 0.3 is 0 Å². The number of unbranched alkanes of at least 4 members (excludes halogenated alkanes) is 1. The van der Waals surface area contributed by atoms with E-state index in [4.69, 9.17) is 21.2 Å². The van der Waals surface area contributed by atoms with Crippen molar-refractivity contribution in [1.82, 2.24) is 0 Å². The van der Waals surface area contributed by atoms with E-state index in [2.05, 4.69) is 5.16 Å². The van der Waals surface area contributed by atoms with Gasteiger partial charge < -0.3 is 9.57 Å². The van der Waals surface area contributed by atoms with Crippen LogP contribution in [-0.4, -0.2) is 19.4 Å². The second kappa shape index (κ2) is 9.99. The highest BCUT2D eigenvalue weighted by molar-refractivity contribution is 6.32. The number of halogens is 3. The summed E-state index contributed by atoms with van der Waals surface area (Å²) >= 11 is 6.22. The highest BCUT2D eigenvalue weighted by Crippen LogP contribution is 2.27. The molecule has 0 saturated heterocycles. The highest BCUT2D eigenvalue weighted by Gasteiger charge is 2.06. The first-order valence-corrected chi connectivity index (χ1v) is 8.46. The minimum atomic E-state index is -0.589. The topological polar surface area (TPSA) is 30.8 Å². The van der Waals surface area contributed by atoms with E-state index in [0.29, 0.717) is 36.0 Å². The summed E-state index contributed by atoms with van der Waals surface area (Å²) in [5.74, 6) is -0.597. The van der Waals surface area contributed by atoms with Crippen molar-refractivity contribution in [1.29, 1.82) is 0 Å². The van der Waals surface area contributed by atoms with Crippen LogP contribution in [0.25, 0.3) is 0 Å². The third-order valence-electron chi connectivity index (χ3n) is 3.34. The summed E-state index contributed by atoms with van der Waals surface area (Å²) in [6, 6.07) is 8.82. The molecule has 2 aromatic carbocycles. The van der Waals surface area contributed by atoms with E-state index in [-0.39, 0.29) is 0 Å². The van der Waals surface area contributed by atoms with E-state index in [1.54, 1.807) is 18.3 Å². The fourth-order valence-corrected chi connectivity index (χ4v) is 2.51. The number of hydrogen-bond donors (Lipinski definition) is 0. The van der Waals surface area contributed by atoms with Crippen molar-refractivity contribution >= 4 is 17.8 Å². The van der Waals surface area contributed by atoms with Gasteiger partial charge in [0, 0.05) is 12.3 Å². The van der Waals surface area contributed by atoms with Crippen LogP contribution in [0.3, 0.4) is 0 Å². The van der Waals surface area contributed by atoms with E-state index >= 15 is 0 Å². The van der Waals surface area contributed by atoms with E-state index in [9.17, 15) is 8.78 Å². The van der Waals surface area contributed by atoms with Crippen LogP contribution in [0.1, 0.15) is 30.9 Å². The van der Waals surface area contributed by atoms with E-state index in [1.165, 1.54) is 12.1 Å². The molecule has 2 rings (SSSR count). The maximum Gasteiger partial charge on any atom is 0.137 e. The largest absolute Gasteiger partial charge is 0.492 e. The fourth-order valence-electron chi connectivity index (χ4n) is 2.26. The maximum absolute atomic E-state index is 13.2. The quantitative estimate of drug-likeness (QED) is 0.338.